The maximum atomic E-state index is 13.1. The Kier molecular flexibility index (Phi) is 3.97. The first-order chi connectivity index (χ1) is 8.56. The summed E-state index contributed by atoms with van der Waals surface area (Å²) in [7, 11) is 0. The zero-order valence-electron chi connectivity index (χ0n) is 10.3. The van der Waals surface area contributed by atoms with E-state index in [1.165, 1.54) is 12.1 Å². The molecule has 0 aliphatic carbocycles. The molecule has 1 aliphatic rings. The van der Waals surface area contributed by atoms with Gasteiger partial charge in [0, 0.05) is 0 Å². The van der Waals surface area contributed by atoms with Crippen LogP contribution < -0.4 is 0 Å². The van der Waals surface area contributed by atoms with Crippen LogP contribution in [0.2, 0.25) is 0 Å². The summed E-state index contributed by atoms with van der Waals surface area (Å²) >= 11 is 0. The minimum absolute atomic E-state index is 0.0376. The van der Waals surface area contributed by atoms with E-state index < -0.39 is 17.7 Å². The molecule has 3 unspecified atom stereocenters. The Hall–Kier alpha value is -1.42. The molecule has 18 heavy (non-hydrogen) atoms. The highest BCUT2D eigenvalue weighted by molar-refractivity contribution is 5.76. The van der Waals surface area contributed by atoms with Crippen molar-refractivity contribution in [2.75, 3.05) is 0 Å². The lowest BCUT2D eigenvalue weighted by Crippen LogP contribution is -2.19. The van der Waals surface area contributed by atoms with Gasteiger partial charge in [-0.2, -0.15) is 0 Å². The normalized spacial score (nSPS) is 25.0. The number of rotatable bonds is 4. The van der Waals surface area contributed by atoms with E-state index in [-0.39, 0.29) is 12.2 Å². The molecule has 3 nitrogen and oxygen atoms in total. The largest absolute Gasteiger partial charge is 0.481 e. The van der Waals surface area contributed by atoms with Crippen molar-refractivity contribution in [3.05, 3.63) is 35.6 Å². The van der Waals surface area contributed by atoms with Gasteiger partial charge in [0.25, 0.3) is 0 Å². The van der Waals surface area contributed by atoms with Crippen LogP contribution in [0.4, 0.5) is 4.39 Å². The van der Waals surface area contributed by atoms with Gasteiger partial charge in [0.2, 0.25) is 0 Å². The summed E-state index contributed by atoms with van der Waals surface area (Å²) in [5.74, 6) is -2.03. The highest BCUT2D eigenvalue weighted by atomic mass is 19.1. The van der Waals surface area contributed by atoms with Gasteiger partial charge in [0.15, 0.2) is 0 Å². The molecule has 1 aliphatic heterocycles. The molecular weight excluding hydrogens is 235 g/mol. The molecule has 0 aromatic heterocycles. The van der Waals surface area contributed by atoms with Crippen LogP contribution in [0, 0.1) is 5.82 Å². The molecule has 0 radical (unpaired) electrons. The van der Waals surface area contributed by atoms with Crippen LogP contribution in [0.25, 0.3) is 0 Å². The second-order valence-electron chi connectivity index (χ2n) is 4.83. The third-order valence-electron chi connectivity index (χ3n) is 3.37. The monoisotopic (exact) mass is 252 g/mol. The number of benzene rings is 1. The number of hydrogen-bond acceptors (Lipinski definition) is 2. The number of aliphatic carboxylic acids is 1. The second-order valence-corrected chi connectivity index (χ2v) is 4.83. The predicted octanol–water partition coefficient (Wildman–Crippen LogP) is 2.95. The molecular formula is C14H17FO3. The summed E-state index contributed by atoms with van der Waals surface area (Å²) in [5, 5.41) is 9.27. The zero-order valence-corrected chi connectivity index (χ0v) is 10.3. The molecule has 0 amide bonds. The standard InChI is InChI=1S/C14H17FO3/c1-9-5-6-12(18-9)8-13(14(16)17)10-3-2-4-11(15)7-10/h2-4,7,9,12-13H,5-6,8H2,1H3,(H,16,17). The van der Waals surface area contributed by atoms with Crippen molar-refractivity contribution in [2.24, 2.45) is 0 Å². The van der Waals surface area contributed by atoms with Crippen molar-refractivity contribution in [2.45, 2.75) is 44.3 Å². The van der Waals surface area contributed by atoms with Crippen molar-refractivity contribution >= 4 is 5.97 Å². The summed E-state index contributed by atoms with van der Waals surface area (Å²) in [5.41, 5.74) is 0.505. The van der Waals surface area contributed by atoms with E-state index in [0.29, 0.717) is 12.0 Å². The van der Waals surface area contributed by atoms with Gasteiger partial charge in [-0.15, -0.1) is 0 Å². The van der Waals surface area contributed by atoms with Crippen LogP contribution in [0.1, 0.15) is 37.7 Å². The fourth-order valence-corrected chi connectivity index (χ4v) is 2.42. The average molecular weight is 252 g/mol. The average Bonchev–Trinajstić information content (AvgIpc) is 2.71. The van der Waals surface area contributed by atoms with Crippen LogP contribution >= 0.6 is 0 Å². The summed E-state index contributed by atoms with van der Waals surface area (Å²) < 4.78 is 18.8. The van der Waals surface area contributed by atoms with Gasteiger partial charge in [-0.1, -0.05) is 12.1 Å². The molecule has 1 fully saturated rings. The molecule has 98 valence electrons. The lowest BCUT2D eigenvalue weighted by molar-refractivity contribution is -0.139. The molecule has 1 aromatic rings. The SMILES string of the molecule is CC1CCC(CC(C(=O)O)c2cccc(F)c2)O1. The van der Waals surface area contributed by atoms with Crippen LogP contribution in [0.5, 0.6) is 0 Å². The Morgan fingerprint density at radius 3 is 2.89 bits per heavy atom. The Morgan fingerprint density at radius 1 is 1.56 bits per heavy atom. The molecule has 4 heteroatoms. The summed E-state index contributed by atoms with van der Waals surface area (Å²) in [6.07, 6.45) is 2.39. The van der Waals surface area contributed by atoms with Crippen LogP contribution in [0.3, 0.4) is 0 Å². The van der Waals surface area contributed by atoms with E-state index in [0.717, 1.165) is 12.8 Å². The Balaban J connectivity index is 2.11. The van der Waals surface area contributed by atoms with Crippen molar-refractivity contribution < 1.29 is 19.0 Å². The molecule has 0 bridgehead atoms. The van der Waals surface area contributed by atoms with E-state index in [1.807, 2.05) is 6.92 Å². The van der Waals surface area contributed by atoms with Crippen molar-refractivity contribution in [3.8, 4) is 0 Å². The van der Waals surface area contributed by atoms with Crippen LogP contribution in [-0.2, 0) is 9.53 Å². The van der Waals surface area contributed by atoms with Gasteiger partial charge in [-0.05, 0) is 43.9 Å². The summed E-state index contributed by atoms with van der Waals surface area (Å²) in [6, 6.07) is 5.80. The van der Waals surface area contributed by atoms with Gasteiger partial charge in [0.1, 0.15) is 5.82 Å². The maximum Gasteiger partial charge on any atom is 0.311 e. The van der Waals surface area contributed by atoms with Gasteiger partial charge in [0.05, 0.1) is 18.1 Å². The number of carboxylic acid groups (broad SMARTS) is 1. The fraction of sp³-hybridized carbons (Fsp3) is 0.500. The number of halogens is 1. The number of carboxylic acids is 1. The lowest BCUT2D eigenvalue weighted by Gasteiger charge is -2.17. The molecule has 1 saturated heterocycles. The quantitative estimate of drug-likeness (QED) is 0.896. The van der Waals surface area contributed by atoms with Gasteiger partial charge < -0.3 is 9.84 Å². The third-order valence-corrected chi connectivity index (χ3v) is 3.37. The van der Waals surface area contributed by atoms with Crippen LogP contribution in [0.15, 0.2) is 24.3 Å². The molecule has 1 N–H and O–H groups in total. The highest BCUT2D eigenvalue weighted by Gasteiger charge is 2.29. The maximum absolute atomic E-state index is 13.1. The van der Waals surface area contributed by atoms with Crippen molar-refractivity contribution in [1.82, 2.24) is 0 Å². The second kappa shape index (κ2) is 5.48. The summed E-state index contributed by atoms with van der Waals surface area (Å²) in [4.78, 5) is 11.3. The first-order valence-electron chi connectivity index (χ1n) is 6.20. The smallest absolute Gasteiger partial charge is 0.311 e. The van der Waals surface area contributed by atoms with E-state index in [4.69, 9.17) is 4.74 Å². The van der Waals surface area contributed by atoms with E-state index in [2.05, 4.69) is 0 Å². The molecule has 1 aromatic carbocycles. The van der Waals surface area contributed by atoms with Crippen molar-refractivity contribution in [3.63, 3.8) is 0 Å². The number of hydrogen-bond donors (Lipinski definition) is 1. The van der Waals surface area contributed by atoms with Gasteiger partial charge >= 0.3 is 5.97 Å². The minimum Gasteiger partial charge on any atom is -0.481 e. The Morgan fingerprint density at radius 2 is 2.33 bits per heavy atom. The number of carbonyl (C=O) groups is 1. The van der Waals surface area contributed by atoms with E-state index in [9.17, 15) is 14.3 Å². The topological polar surface area (TPSA) is 46.5 Å². The molecule has 0 saturated carbocycles. The van der Waals surface area contributed by atoms with E-state index in [1.54, 1.807) is 12.1 Å². The third kappa shape index (κ3) is 3.07. The molecule has 1 heterocycles. The van der Waals surface area contributed by atoms with Gasteiger partial charge in [-0.3, -0.25) is 4.79 Å². The first-order valence-corrected chi connectivity index (χ1v) is 6.20. The minimum atomic E-state index is -0.927. The van der Waals surface area contributed by atoms with Crippen molar-refractivity contribution in [1.29, 1.82) is 0 Å². The highest BCUT2D eigenvalue weighted by Crippen LogP contribution is 2.30. The lowest BCUT2D eigenvalue weighted by atomic mass is 9.92. The molecule has 0 spiro atoms. The number of ether oxygens (including phenoxy) is 1. The van der Waals surface area contributed by atoms with Crippen LogP contribution in [-0.4, -0.2) is 23.3 Å². The Bertz CT molecular complexity index is 433. The first kappa shape index (κ1) is 13.0. The summed E-state index contributed by atoms with van der Waals surface area (Å²) in [6.45, 7) is 1.98. The molecule has 3 atom stereocenters. The fourth-order valence-electron chi connectivity index (χ4n) is 2.42. The van der Waals surface area contributed by atoms with E-state index >= 15 is 0 Å². The zero-order chi connectivity index (χ0) is 13.1. The Labute approximate surface area is 106 Å². The van der Waals surface area contributed by atoms with Gasteiger partial charge in [-0.25, -0.2) is 4.39 Å². The predicted molar refractivity (Wildman–Crippen MR) is 65.0 cm³/mol. The molecule has 2 rings (SSSR count).